The first kappa shape index (κ1) is 13.5. The van der Waals surface area contributed by atoms with E-state index in [2.05, 4.69) is 4.90 Å². The highest BCUT2D eigenvalue weighted by Gasteiger charge is 2.40. The molecule has 0 unspecified atom stereocenters. The van der Waals surface area contributed by atoms with Gasteiger partial charge in [0.1, 0.15) is 5.75 Å². The van der Waals surface area contributed by atoms with Crippen LogP contribution in [0.1, 0.15) is 19.8 Å². The number of nitrogens with zero attached hydrogens (tertiary/aromatic N) is 1. The summed E-state index contributed by atoms with van der Waals surface area (Å²) in [4.78, 5) is 2.27. The van der Waals surface area contributed by atoms with Crippen molar-refractivity contribution in [3.8, 4) is 5.75 Å². The van der Waals surface area contributed by atoms with Gasteiger partial charge in [-0.3, -0.25) is 0 Å². The number of hydrogen-bond donors (Lipinski definition) is 1. The fourth-order valence-electron chi connectivity index (χ4n) is 2.98. The van der Waals surface area contributed by atoms with E-state index in [0.717, 1.165) is 43.1 Å². The van der Waals surface area contributed by atoms with Crippen molar-refractivity contribution in [2.75, 3.05) is 43.5 Å². The topological polar surface area (TPSA) is 57.0 Å². The lowest BCUT2D eigenvalue weighted by Crippen LogP contribution is -2.49. The van der Waals surface area contributed by atoms with Crippen LogP contribution >= 0.6 is 0 Å². The third-order valence-electron chi connectivity index (χ3n) is 3.82. The zero-order valence-corrected chi connectivity index (χ0v) is 11.9. The third-order valence-corrected chi connectivity index (χ3v) is 3.82. The maximum Gasteiger partial charge on any atom is 0.186 e. The molecule has 0 atom stereocenters. The number of hydrogen-bond acceptors (Lipinski definition) is 5. The van der Waals surface area contributed by atoms with Gasteiger partial charge in [0.2, 0.25) is 0 Å². The average molecular weight is 278 g/mol. The highest BCUT2D eigenvalue weighted by molar-refractivity contribution is 5.61. The Kier molecular flexibility index (Phi) is 3.72. The summed E-state index contributed by atoms with van der Waals surface area (Å²) in [5, 5.41) is 0. The van der Waals surface area contributed by atoms with Crippen LogP contribution in [-0.4, -0.2) is 38.7 Å². The van der Waals surface area contributed by atoms with Crippen LogP contribution in [0.5, 0.6) is 5.75 Å². The molecule has 2 aliphatic rings. The normalized spacial score (nSPS) is 21.4. The fourth-order valence-corrected chi connectivity index (χ4v) is 2.98. The highest BCUT2D eigenvalue weighted by atomic mass is 16.7. The predicted octanol–water partition coefficient (Wildman–Crippen LogP) is 2.01. The standard InChI is InChI=1S/C15H22N2O3/c1-2-18-14-9-12(16)8-13(10-14)17-5-3-4-15(11-17)19-6-7-20-15/h8-10H,2-7,11,16H2,1H3. The maximum atomic E-state index is 5.97. The minimum absolute atomic E-state index is 0.422. The van der Waals surface area contributed by atoms with Gasteiger partial charge in [0.05, 0.1) is 26.4 Å². The number of ether oxygens (including phenoxy) is 3. The first-order valence-electron chi connectivity index (χ1n) is 7.27. The summed E-state index contributed by atoms with van der Waals surface area (Å²) in [6, 6.07) is 5.87. The molecule has 0 amide bonds. The second-order valence-corrected chi connectivity index (χ2v) is 5.33. The third kappa shape index (κ3) is 2.69. The number of benzene rings is 1. The van der Waals surface area contributed by atoms with Crippen LogP contribution in [0.3, 0.4) is 0 Å². The molecule has 1 aromatic rings. The largest absolute Gasteiger partial charge is 0.494 e. The Bertz CT molecular complexity index is 472. The summed E-state index contributed by atoms with van der Waals surface area (Å²) in [7, 11) is 0. The molecule has 1 aromatic carbocycles. The summed E-state index contributed by atoms with van der Waals surface area (Å²) in [5.41, 5.74) is 7.77. The lowest BCUT2D eigenvalue weighted by molar-refractivity contribution is -0.161. The van der Waals surface area contributed by atoms with Crippen molar-refractivity contribution in [2.45, 2.75) is 25.6 Å². The molecule has 0 bridgehead atoms. The smallest absolute Gasteiger partial charge is 0.186 e. The molecule has 0 aliphatic carbocycles. The summed E-state index contributed by atoms with van der Waals surface area (Å²) < 4.78 is 17.2. The zero-order chi connectivity index (χ0) is 14.0. The highest BCUT2D eigenvalue weighted by Crippen LogP contribution is 2.34. The second-order valence-electron chi connectivity index (χ2n) is 5.33. The van der Waals surface area contributed by atoms with Crippen molar-refractivity contribution < 1.29 is 14.2 Å². The monoisotopic (exact) mass is 278 g/mol. The molecule has 110 valence electrons. The van der Waals surface area contributed by atoms with Crippen molar-refractivity contribution in [3.05, 3.63) is 18.2 Å². The van der Waals surface area contributed by atoms with Gasteiger partial charge in [-0.25, -0.2) is 0 Å². The average Bonchev–Trinajstić information content (AvgIpc) is 2.86. The van der Waals surface area contributed by atoms with Gasteiger partial charge in [0.15, 0.2) is 5.79 Å². The minimum Gasteiger partial charge on any atom is -0.494 e. The molecule has 2 aliphatic heterocycles. The van der Waals surface area contributed by atoms with Crippen LogP contribution in [0.2, 0.25) is 0 Å². The summed E-state index contributed by atoms with van der Waals surface area (Å²) >= 11 is 0. The van der Waals surface area contributed by atoms with Crippen LogP contribution in [0.4, 0.5) is 11.4 Å². The van der Waals surface area contributed by atoms with E-state index in [0.29, 0.717) is 19.8 Å². The maximum absolute atomic E-state index is 5.97. The molecular weight excluding hydrogens is 256 g/mol. The first-order chi connectivity index (χ1) is 9.71. The Labute approximate surface area is 119 Å². The lowest BCUT2D eigenvalue weighted by atomic mass is 10.0. The van der Waals surface area contributed by atoms with Crippen LogP contribution in [0.25, 0.3) is 0 Å². The van der Waals surface area contributed by atoms with E-state index in [4.69, 9.17) is 19.9 Å². The van der Waals surface area contributed by atoms with Crippen molar-refractivity contribution >= 4 is 11.4 Å². The Morgan fingerprint density at radius 1 is 1.30 bits per heavy atom. The quantitative estimate of drug-likeness (QED) is 0.857. The van der Waals surface area contributed by atoms with E-state index in [-0.39, 0.29) is 0 Å². The molecular formula is C15H22N2O3. The van der Waals surface area contributed by atoms with Crippen molar-refractivity contribution in [2.24, 2.45) is 0 Å². The van der Waals surface area contributed by atoms with Gasteiger partial charge in [0, 0.05) is 36.5 Å². The van der Waals surface area contributed by atoms with E-state index in [1.807, 2.05) is 25.1 Å². The molecule has 2 heterocycles. The minimum atomic E-state index is -0.422. The number of piperidine rings is 1. The summed E-state index contributed by atoms with van der Waals surface area (Å²) in [5.74, 6) is 0.393. The van der Waals surface area contributed by atoms with Crippen LogP contribution in [0, 0.1) is 0 Å². The SMILES string of the molecule is CCOc1cc(N)cc(N2CCCC3(C2)OCCO3)c1. The summed E-state index contributed by atoms with van der Waals surface area (Å²) in [6.07, 6.45) is 2.02. The van der Waals surface area contributed by atoms with E-state index in [1.165, 1.54) is 0 Å². The zero-order valence-electron chi connectivity index (χ0n) is 11.9. The molecule has 1 spiro atoms. The Morgan fingerprint density at radius 2 is 2.10 bits per heavy atom. The molecule has 2 fully saturated rings. The molecule has 0 aromatic heterocycles. The van der Waals surface area contributed by atoms with Crippen molar-refractivity contribution in [1.29, 1.82) is 0 Å². The number of rotatable bonds is 3. The Balaban J connectivity index is 1.81. The lowest BCUT2D eigenvalue weighted by Gasteiger charge is -2.40. The van der Waals surface area contributed by atoms with Gasteiger partial charge in [-0.15, -0.1) is 0 Å². The van der Waals surface area contributed by atoms with Gasteiger partial charge < -0.3 is 24.8 Å². The van der Waals surface area contributed by atoms with Crippen LogP contribution in [-0.2, 0) is 9.47 Å². The molecule has 0 saturated carbocycles. The van der Waals surface area contributed by atoms with Gasteiger partial charge in [-0.1, -0.05) is 0 Å². The molecule has 5 heteroatoms. The molecule has 5 nitrogen and oxygen atoms in total. The van der Waals surface area contributed by atoms with Gasteiger partial charge in [-0.05, 0) is 19.4 Å². The van der Waals surface area contributed by atoms with E-state index < -0.39 is 5.79 Å². The predicted molar refractivity (Wildman–Crippen MR) is 78.1 cm³/mol. The Morgan fingerprint density at radius 3 is 2.85 bits per heavy atom. The van der Waals surface area contributed by atoms with Crippen molar-refractivity contribution in [3.63, 3.8) is 0 Å². The number of nitrogen functional groups attached to an aromatic ring is 1. The molecule has 0 radical (unpaired) electrons. The first-order valence-corrected chi connectivity index (χ1v) is 7.27. The van der Waals surface area contributed by atoms with E-state index in [9.17, 15) is 0 Å². The van der Waals surface area contributed by atoms with Gasteiger partial charge in [-0.2, -0.15) is 0 Å². The number of anilines is 2. The number of nitrogens with two attached hydrogens (primary N) is 1. The molecule has 3 rings (SSSR count). The Hall–Kier alpha value is -1.46. The van der Waals surface area contributed by atoms with Crippen molar-refractivity contribution in [1.82, 2.24) is 0 Å². The molecule has 2 saturated heterocycles. The van der Waals surface area contributed by atoms with E-state index in [1.54, 1.807) is 0 Å². The second kappa shape index (κ2) is 5.50. The summed E-state index contributed by atoms with van der Waals surface area (Å²) in [6.45, 7) is 5.73. The van der Waals surface area contributed by atoms with Crippen LogP contribution in [0.15, 0.2) is 18.2 Å². The fraction of sp³-hybridized carbons (Fsp3) is 0.600. The van der Waals surface area contributed by atoms with Gasteiger partial charge in [0.25, 0.3) is 0 Å². The molecule has 2 N–H and O–H groups in total. The van der Waals surface area contributed by atoms with E-state index >= 15 is 0 Å². The van der Waals surface area contributed by atoms with Gasteiger partial charge >= 0.3 is 0 Å². The van der Waals surface area contributed by atoms with Crippen LogP contribution < -0.4 is 15.4 Å². The molecule has 20 heavy (non-hydrogen) atoms.